The van der Waals surface area contributed by atoms with E-state index in [0.717, 1.165) is 0 Å². The molecule has 16 heavy (non-hydrogen) atoms. The summed E-state index contributed by atoms with van der Waals surface area (Å²) in [6.07, 6.45) is -1.61. The summed E-state index contributed by atoms with van der Waals surface area (Å²) in [6.45, 7) is 5.68. The van der Waals surface area contributed by atoms with Gasteiger partial charge in [0.2, 0.25) is 0 Å². The fraction of sp³-hybridized carbons (Fsp3) is 0.800. The molecule has 1 fully saturated rings. The zero-order chi connectivity index (χ0) is 12.3. The first kappa shape index (κ1) is 12.9. The van der Waals surface area contributed by atoms with Crippen LogP contribution in [0.25, 0.3) is 0 Å². The molecule has 0 radical (unpaired) electrons. The maximum Gasteiger partial charge on any atom is 0.409 e. The van der Waals surface area contributed by atoms with Crippen molar-refractivity contribution in [2.24, 2.45) is 0 Å². The molecule has 1 unspecified atom stereocenters. The molecule has 0 aromatic carbocycles. The Balaban J connectivity index is 2.42. The third-order valence-corrected chi connectivity index (χ3v) is 2.06. The minimum absolute atomic E-state index is 0.108. The van der Waals surface area contributed by atoms with Gasteiger partial charge < -0.3 is 15.2 Å². The Morgan fingerprint density at radius 2 is 2.25 bits per heavy atom. The molecule has 1 amide bonds. The van der Waals surface area contributed by atoms with Crippen LogP contribution >= 0.6 is 0 Å². The van der Waals surface area contributed by atoms with E-state index in [-0.39, 0.29) is 5.78 Å². The van der Waals surface area contributed by atoms with Gasteiger partial charge in [-0.25, -0.2) is 4.79 Å². The number of amides is 1. The normalized spacial score (nSPS) is 23.0. The van der Waals surface area contributed by atoms with E-state index < -0.39 is 24.0 Å². The number of aliphatic hydroxyl groups is 1. The van der Waals surface area contributed by atoms with Crippen molar-refractivity contribution < 1.29 is 19.4 Å². The van der Waals surface area contributed by atoms with Crippen molar-refractivity contribution in [1.29, 1.82) is 0 Å². The van der Waals surface area contributed by atoms with Gasteiger partial charge in [0, 0.05) is 13.0 Å². The number of carbonyl (C=O) groups is 2. The largest absolute Gasteiger partial charge is 0.444 e. The summed E-state index contributed by atoms with van der Waals surface area (Å²) < 4.78 is 4.95. The first-order chi connectivity index (χ1) is 7.29. The van der Waals surface area contributed by atoms with Crippen LogP contribution in [0.3, 0.4) is 0 Å². The molecule has 1 saturated heterocycles. The van der Waals surface area contributed by atoms with Gasteiger partial charge in [-0.1, -0.05) is 0 Å². The third kappa shape index (κ3) is 3.79. The number of nitrogens with one attached hydrogen (secondary N) is 2. The monoisotopic (exact) mass is 230 g/mol. The topological polar surface area (TPSA) is 87.7 Å². The second kappa shape index (κ2) is 4.80. The molecule has 1 rings (SSSR count). The summed E-state index contributed by atoms with van der Waals surface area (Å²) in [6, 6.07) is -0.729. The minimum atomic E-state index is -1.25. The van der Waals surface area contributed by atoms with E-state index in [2.05, 4.69) is 10.6 Å². The Labute approximate surface area is 94.3 Å². The summed E-state index contributed by atoms with van der Waals surface area (Å²) in [4.78, 5) is 22.6. The van der Waals surface area contributed by atoms with E-state index in [1.54, 1.807) is 20.8 Å². The van der Waals surface area contributed by atoms with Crippen LogP contribution in [-0.2, 0) is 9.53 Å². The standard InChI is InChI=1S/C10H18N2O4/c1-10(2,3)16-9(15)12-8(14)7-6(13)4-5-11-7/h7-8,11,14H,4-5H2,1-3H3,(H,12,15)/t7-,8?/m0/s1. The molecule has 3 N–H and O–H groups in total. The summed E-state index contributed by atoms with van der Waals surface area (Å²) >= 11 is 0. The molecule has 0 spiro atoms. The van der Waals surface area contributed by atoms with Gasteiger partial charge in [0.05, 0.1) is 0 Å². The molecule has 0 aromatic heterocycles. The highest BCUT2D eigenvalue weighted by Gasteiger charge is 2.32. The summed E-state index contributed by atoms with van der Waals surface area (Å²) in [5, 5.41) is 14.6. The minimum Gasteiger partial charge on any atom is -0.444 e. The number of hydrogen-bond donors (Lipinski definition) is 3. The highest BCUT2D eigenvalue weighted by molar-refractivity contribution is 5.87. The molecule has 0 saturated carbocycles. The van der Waals surface area contributed by atoms with Crippen LogP contribution in [0.5, 0.6) is 0 Å². The van der Waals surface area contributed by atoms with E-state index in [0.29, 0.717) is 13.0 Å². The van der Waals surface area contributed by atoms with Gasteiger partial charge in [0.1, 0.15) is 11.6 Å². The molecule has 0 bridgehead atoms. The molecular formula is C10H18N2O4. The lowest BCUT2D eigenvalue weighted by molar-refractivity contribution is -0.121. The lowest BCUT2D eigenvalue weighted by atomic mass is 10.2. The van der Waals surface area contributed by atoms with Crippen LogP contribution in [-0.4, -0.2) is 41.4 Å². The number of rotatable bonds is 2. The first-order valence-electron chi connectivity index (χ1n) is 5.23. The van der Waals surface area contributed by atoms with Crippen molar-refractivity contribution in [2.45, 2.75) is 45.1 Å². The second-order valence-corrected chi connectivity index (χ2v) is 4.74. The number of ketones is 1. The van der Waals surface area contributed by atoms with Gasteiger partial charge in [-0.2, -0.15) is 0 Å². The van der Waals surface area contributed by atoms with E-state index in [4.69, 9.17) is 4.74 Å². The number of Topliss-reactive ketones (excluding diaryl/α,β-unsaturated/α-hetero) is 1. The number of hydrogen-bond acceptors (Lipinski definition) is 5. The third-order valence-electron chi connectivity index (χ3n) is 2.06. The number of alkyl carbamates (subject to hydrolysis) is 1. The second-order valence-electron chi connectivity index (χ2n) is 4.74. The van der Waals surface area contributed by atoms with Crippen LogP contribution in [0.4, 0.5) is 4.79 Å². The number of ether oxygens (including phenoxy) is 1. The molecule has 92 valence electrons. The van der Waals surface area contributed by atoms with E-state index in [1.165, 1.54) is 0 Å². The van der Waals surface area contributed by atoms with Crippen LogP contribution in [0.15, 0.2) is 0 Å². The Bertz CT molecular complexity index is 285. The summed E-state index contributed by atoms with van der Waals surface area (Å²) in [7, 11) is 0. The molecule has 0 aliphatic carbocycles. The van der Waals surface area contributed by atoms with Crippen LogP contribution < -0.4 is 10.6 Å². The SMILES string of the molecule is CC(C)(C)OC(=O)NC(O)[C@H]1NCCC1=O. The lowest BCUT2D eigenvalue weighted by Crippen LogP contribution is -2.51. The maximum absolute atomic E-state index is 11.3. The van der Waals surface area contributed by atoms with Gasteiger partial charge in [0.25, 0.3) is 0 Å². The smallest absolute Gasteiger partial charge is 0.409 e. The van der Waals surface area contributed by atoms with Gasteiger partial charge in [-0.3, -0.25) is 10.1 Å². The van der Waals surface area contributed by atoms with Crippen molar-refractivity contribution in [3.05, 3.63) is 0 Å². The summed E-state index contributed by atoms with van der Waals surface area (Å²) in [5.41, 5.74) is -0.628. The van der Waals surface area contributed by atoms with Crippen molar-refractivity contribution in [2.75, 3.05) is 6.54 Å². The zero-order valence-corrected chi connectivity index (χ0v) is 9.74. The predicted molar refractivity (Wildman–Crippen MR) is 56.8 cm³/mol. The van der Waals surface area contributed by atoms with Crippen LogP contribution in [0.1, 0.15) is 27.2 Å². The lowest BCUT2D eigenvalue weighted by Gasteiger charge is -2.23. The Morgan fingerprint density at radius 1 is 1.62 bits per heavy atom. The Kier molecular flexibility index (Phi) is 3.88. The summed E-state index contributed by atoms with van der Waals surface area (Å²) in [5.74, 6) is -0.108. The quantitative estimate of drug-likeness (QED) is 0.570. The van der Waals surface area contributed by atoms with Gasteiger partial charge >= 0.3 is 6.09 Å². The molecule has 2 atom stereocenters. The van der Waals surface area contributed by atoms with Crippen molar-refractivity contribution in [3.8, 4) is 0 Å². The van der Waals surface area contributed by atoms with Crippen LogP contribution in [0.2, 0.25) is 0 Å². The van der Waals surface area contributed by atoms with Crippen molar-refractivity contribution in [3.63, 3.8) is 0 Å². The number of aliphatic hydroxyl groups excluding tert-OH is 1. The molecule has 6 nitrogen and oxygen atoms in total. The number of carbonyl (C=O) groups excluding carboxylic acids is 2. The van der Waals surface area contributed by atoms with Crippen LogP contribution in [0, 0.1) is 0 Å². The van der Waals surface area contributed by atoms with E-state index >= 15 is 0 Å². The maximum atomic E-state index is 11.3. The average Bonchev–Trinajstić information content (AvgIpc) is 2.47. The fourth-order valence-electron chi connectivity index (χ4n) is 1.42. The molecule has 1 heterocycles. The predicted octanol–water partition coefficient (Wildman–Crippen LogP) is -0.240. The zero-order valence-electron chi connectivity index (χ0n) is 9.74. The van der Waals surface area contributed by atoms with Gasteiger partial charge in [0.15, 0.2) is 12.0 Å². The first-order valence-corrected chi connectivity index (χ1v) is 5.23. The molecule has 0 aromatic rings. The molecule has 1 aliphatic rings. The van der Waals surface area contributed by atoms with Gasteiger partial charge in [-0.15, -0.1) is 0 Å². The van der Waals surface area contributed by atoms with Gasteiger partial charge in [-0.05, 0) is 20.8 Å². The fourth-order valence-corrected chi connectivity index (χ4v) is 1.42. The Hall–Kier alpha value is -1.14. The molecule has 6 heteroatoms. The average molecular weight is 230 g/mol. The highest BCUT2D eigenvalue weighted by Crippen LogP contribution is 2.08. The molecule has 1 aliphatic heterocycles. The van der Waals surface area contributed by atoms with E-state index in [9.17, 15) is 14.7 Å². The molecular weight excluding hydrogens is 212 g/mol. The van der Waals surface area contributed by atoms with E-state index in [1.807, 2.05) is 0 Å². The van der Waals surface area contributed by atoms with Crippen molar-refractivity contribution >= 4 is 11.9 Å². The highest BCUT2D eigenvalue weighted by atomic mass is 16.6. The van der Waals surface area contributed by atoms with Crippen molar-refractivity contribution in [1.82, 2.24) is 10.6 Å². The Morgan fingerprint density at radius 3 is 2.69 bits per heavy atom.